The number of rotatable bonds is 7. The fraction of sp³-hybridized carbons (Fsp3) is 0.276. The molecule has 2 amide bonds. The average Bonchev–Trinajstić information content (AvgIpc) is 3.40. The first kappa shape index (κ1) is 26.2. The van der Waals surface area contributed by atoms with Crippen molar-refractivity contribution >= 4 is 45.7 Å². The van der Waals surface area contributed by atoms with Crippen molar-refractivity contribution in [3.05, 3.63) is 78.6 Å². The molecule has 5 rings (SSSR count). The molecular weight excluding hydrogens is 494 g/mol. The molecule has 0 radical (unpaired) electrons. The second-order valence-corrected chi connectivity index (χ2v) is 9.50. The minimum atomic E-state index is -0.224. The Kier molecular flexibility index (Phi) is 7.76. The van der Waals surface area contributed by atoms with Gasteiger partial charge in [-0.05, 0) is 54.6 Å². The van der Waals surface area contributed by atoms with E-state index in [1.165, 1.54) is 0 Å². The van der Waals surface area contributed by atoms with Crippen molar-refractivity contribution in [2.45, 2.75) is 0 Å². The molecule has 1 saturated heterocycles. The van der Waals surface area contributed by atoms with E-state index in [0.29, 0.717) is 17.9 Å². The number of nitrogens with zero attached hydrogens (tertiary/aromatic N) is 5. The number of aliphatic hydroxyl groups excluding tert-OH is 1. The molecule has 39 heavy (non-hydrogen) atoms. The molecule has 2 aromatic carbocycles. The Labute approximate surface area is 227 Å². The summed E-state index contributed by atoms with van der Waals surface area (Å²) in [5.41, 5.74) is 4.27. The van der Waals surface area contributed by atoms with E-state index in [9.17, 15) is 9.59 Å². The van der Waals surface area contributed by atoms with Crippen LogP contribution in [0.25, 0.3) is 10.9 Å². The number of fused-ring (bicyclic) bond motifs is 1. The lowest BCUT2D eigenvalue weighted by atomic mass is 10.1. The van der Waals surface area contributed by atoms with Gasteiger partial charge in [-0.15, -0.1) is 0 Å². The van der Waals surface area contributed by atoms with Crippen LogP contribution in [0.4, 0.5) is 27.7 Å². The van der Waals surface area contributed by atoms with Gasteiger partial charge in [-0.1, -0.05) is 0 Å². The Bertz CT molecular complexity index is 1460. The Hall–Kier alpha value is -4.41. The largest absolute Gasteiger partial charge is 0.395 e. The first-order chi connectivity index (χ1) is 19.0. The minimum Gasteiger partial charge on any atom is -0.395 e. The second kappa shape index (κ2) is 11.5. The molecule has 0 spiro atoms. The second-order valence-electron chi connectivity index (χ2n) is 9.50. The molecule has 1 aliphatic rings. The number of benzene rings is 2. The van der Waals surface area contributed by atoms with E-state index in [4.69, 9.17) is 5.11 Å². The van der Waals surface area contributed by atoms with Crippen molar-refractivity contribution in [2.75, 3.05) is 68.5 Å². The number of amides is 2. The molecular formula is C29H33N7O3. The third-order valence-electron chi connectivity index (χ3n) is 7.15. The first-order valence-corrected chi connectivity index (χ1v) is 13.0. The number of pyridine rings is 1. The van der Waals surface area contributed by atoms with E-state index in [-0.39, 0.29) is 18.5 Å². The number of β-amino-alcohol motifs (C(OH)–C–C–N with tert-alkyl or cyclic N) is 1. The first-order valence-electron chi connectivity index (χ1n) is 13.0. The molecule has 2 aromatic heterocycles. The van der Waals surface area contributed by atoms with Gasteiger partial charge < -0.3 is 25.5 Å². The van der Waals surface area contributed by atoms with Crippen LogP contribution < -0.4 is 20.4 Å². The molecule has 0 saturated carbocycles. The number of anilines is 4. The highest BCUT2D eigenvalue weighted by molar-refractivity contribution is 6.04. The van der Waals surface area contributed by atoms with Gasteiger partial charge in [-0.3, -0.25) is 14.3 Å². The fourth-order valence-corrected chi connectivity index (χ4v) is 4.86. The van der Waals surface area contributed by atoms with Crippen LogP contribution in [0.2, 0.25) is 0 Å². The average molecular weight is 528 g/mol. The molecule has 1 aliphatic heterocycles. The Balaban J connectivity index is 1.24. The Morgan fingerprint density at radius 3 is 2.44 bits per heavy atom. The molecule has 3 heterocycles. The number of carbonyl (C=O) groups excluding carboxylic acids is 2. The van der Waals surface area contributed by atoms with Crippen LogP contribution in [0, 0.1) is 0 Å². The van der Waals surface area contributed by atoms with Crippen LogP contribution in [-0.2, 0) is 0 Å². The van der Waals surface area contributed by atoms with Crippen LogP contribution in [0.15, 0.2) is 73.1 Å². The SMILES string of the molecule is CNC(=O)n1ccc2cc(N(C)c3ccnc(NC(=O)c4ccc(N5CCN(CCO)CC5)cc4)c3)ccc21. The van der Waals surface area contributed by atoms with Crippen molar-refractivity contribution in [1.29, 1.82) is 0 Å². The number of piperazine rings is 1. The summed E-state index contributed by atoms with van der Waals surface area (Å²) in [4.78, 5) is 35.9. The maximum Gasteiger partial charge on any atom is 0.325 e. The minimum absolute atomic E-state index is 0.183. The summed E-state index contributed by atoms with van der Waals surface area (Å²) in [7, 11) is 3.55. The summed E-state index contributed by atoms with van der Waals surface area (Å²) in [6.45, 7) is 4.50. The summed E-state index contributed by atoms with van der Waals surface area (Å²) >= 11 is 0. The number of hydrogen-bond acceptors (Lipinski definition) is 7. The molecule has 4 aromatic rings. The van der Waals surface area contributed by atoms with Crippen molar-refractivity contribution in [3.8, 4) is 0 Å². The zero-order valence-electron chi connectivity index (χ0n) is 22.2. The van der Waals surface area contributed by atoms with Crippen LogP contribution in [0.3, 0.4) is 0 Å². The maximum atomic E-state index is 13.0. The molecule has 1 fully saturated rings. The summed E-state index contributed by atoms with van der Waals surface area (Å²) < 4.78 is 1.57. The number of nitrogens with one attached hydrogen (secondary N) is 2. The van der Waals surface area contributed by atoms with Gasteiger partial charge in [0.2, 0.25) is 0 Å². The maximum absolute atomic E-state index is 13.0. The van der Waals surface area contributed by atoms with E-state index in [1.54, 1.807) is 24.0 Å². The smallest absolute Gasteiger partial charge is 0.325 e. The van der Waals surface area contributed by atoms with Crippen molar-refractivity contribution < 1.29 is 14.7 Å². The molecule has 0 aliphatic carbocycles. The number of aliphatic hydroxyl groups is 1. The van der Waals surface area contributed by atoms with E-state index >= 15 is 0 Å². The predicted molar refractivity (Wildman–Crippen MR) is 154 cm³/mol. The zero-order valence-corrected chi connectivity index (χ0v) is 22.2. The third-order valence-corrected chi connectivity index (χ3v) is 7.15. The topological polar surface area (TPSA) is 106 Å². The quantitative estimate of drug-likeness (QED) is 0.338. The lowest BCUT2D eigenvalue weighted by Gasteiger charge is -2.35. The molecule has 10 nitrogen and oxygen atoms in total. The molecule has 3 N–H and O–H groups in total. The standard InChI is InChI=1S/C29H33N7O3/c1-30-29(39)36-12-10-22-19-24(7-8-26(22)36)33(2)25-9-11-31-27(20-25)32-28(38)21-3-5-23(6-4-21)35-15-13-34(14-16-35)17-18-37/h3-12,19-20,37H,13-18H2,1-2H3,(H,30,39)(H,31,32,38). The lowest BCUT2D eigenvalue weighted by molar-refractivity contribution is 0.102. The van der Waals surface area contributed by atoms with E-state index < -0.39 is 0 Å². The summed E-state index contributed by atoms with van der Waals surface area (Å²) in [6, 6.07) is 18.9. The van der Waals surface area contributed by atoms with Gasteiger partial charge in [0.1, 0.15) is 5.82 Å². The van der Waals surface area contributed by atoms with Gasteiger partial charge in [-0.2, -0.15) is 0 Å². The van der Waals surface area contributed by atoms with Crippen LogP contribution >= 0.6 is 0 Å². The van der Waals surface area contributed by atoms with Gasteiger partial charge in [0.25, 0.3) is 5.91 Å². The zero-order chi connectivity index (χ0) is 27.4. The Morgan fingerprint density at radius 1 is 0.974 bits per heavy atom. The van der Waals surface area contributed by atoms with Gasteiger partial charge in [-0.25, -0.2) is 9.78 Å². The molecule has 0 atom stereocenters. The normalized spacial score (nSPS) is 13.9. The predicted octanol–water partition coefficient (Wildman–Crippen LogP) is 3.36. The molecule has 0 bridgehead atoms. The molecule has 0 unspecified atom stereocenters. The van der Waals surface area contributed by atoms with Crippen molar-refractivity contribution in [3.63, 3.8) is 0 Å². The fourth-order valence-electron chi connectivity index (χ4n) is 4.86. The van der Waals surface area contributed by atoms with Gasteiger partial charge in [0.15, 0.2) is 0 Å². The monoisotopic (exact) mass is 527 g/mol. The highest BCUT2D eigenvalue weighted by Crippen LogP contribution is 2.29. The number of hydrogen-bond donors (Lipinski definition) is 3. The van der Waals surface area contributed by atoms with E-state index in [0.717, 1.165) is 54.1 Å². The van der Waals surface area contributed by atoms with Crippen LogP contribution in [0.1, 0.15) is 10.4 Å². The van der Waals surface area contributed by atoms with Gasteiger partial charge in [0.05, 0.1) is 12.1 Å². The van der Waals surface area contributed by atoms with Crippen LogP contribution in [0.5, 0.6) is 0 Å². The lowest BCUT2D eigenvalue weighted by Crippen LogP contribution is -2.47. The van der Waals surface area contributed by atoms with Gasteiger partial charge in [0, 0.05) is 93.3 Å². The third kappa shape index (κ3) is 5.71. The highest BCUT2D eigenvalue weighted by Gasteiger charge is 2.17. The van der Waals surface area contributed by atoms with E-state index in [1.807, 2.05) is 72.6 Å². The number of aromatic nitrogens is 2. The highest BCUT2D eigenvalue weighted by atomic mass is 16.3. The van der Waals surface area contributed by atoms with Crippen molar-refractivity contribution in [1.82, 2.24) is 19.8 Å². The summed E-state index contributed by atoms with van der Waals surface area (Å²) in [5.74, 6) is 0.235. The summed E-state index contributed by atoms with van der Waals surface area (Å²) in [6.07, 6.45) is 3.42. The summed E-state index contributed by atoms with van der Waals surface area (Å²) in [5, 5.41) is 15.6. The molecule has 10 heteroatoms. The van der Waals surface area contributed by atoms with Gasteiger partial charge >= 0.3 is 6.03 Å². The number of carbonyl (C=O) groups is 2. The van der Waals surface area contributed by atoms with Crippen LogP contribution in [-0.4, -0.2) is 84.9 Å². The van der Waals surface area contributed by atoms with E-state index in [2.05, 4.69) is 25.4 Å². The molecule has 202 valence electrons. The Morgan fingerprint density at radius 2 is 1.72 bits per heavy atom. The van der Waals surface area contributed by atoms with Crippen molar-refractivity contribution in [2.24, 2.45) is 0 Å².